The molecule has 19 nitrogen and oxygen atoms in total. The van der Waals surface area contributed by atoms with E-state index in [1.54, 1.807) is 6.08 Å². The van der Waals surface area contributed by atoms with Crippen LogP contribution >= 0.6 is 0 Å². The summed E-state index contributed by atoms with van der Waals surface area (Å²) in [6.07, 6.45) is 18.9. The number of unbranched alkanes of at least 4 members (excludes halogenated alkanes) is 28. The first-order chi connectivity index (χ1) is 38.3. The number of aliphatic hydroxyl groups excluding tert-OH is 11. The van der Waals surface area contributed by atoms with Crippen LogP contribution in [0.3, 0.4) is 0 Å². The van der Waals surface area contributed by atoms with Gasteiger partial charge in [0.15, 0.2) is 18.9 Å². The first kappa shape index (κ1) is 71.5. The molecular weight excluding hydrogens is 1020 g/mol. The van der Waals surface area contributed by atoms with Crippen molar-refractivity contribution < 1.29 is 89.4 Å². The number of hydrogen-bond acceptors (Lipinski definition) is 18. The number of hydrogen-bond donors (Lipinski definition) is 12. The summed E-state index contributed by atoms with van der Waals surface area (Å²) < 4.78 is 34.2. The molecular formula is C60H111NO18. The lowest BCUT2D eigenvalue weighted by Crippen LogP contribution is -2.66. The van der Waals surface area contributed by atoms with Crippen molar-refractivity contribution in [1.29, 1.82) is 0 Å². The fourth-order valence-electron chi connectivity index (χ4n) is 10.6. The smallest absolute Gasteiger partial charge is 0.220 e. The highest BCUT2D eigenvalue weighted by Gasteiger charge is 2.53. The number of ether oxygens (including phenoxy) is 6. The molecule has 12 N–H and O–H groups in total. The SMILES string of the molecule is CCCCCCCC/C=C/CC/C=C/C(O)C(COC1OC(CO)C(OC2OC(CO)C(OC3OC(CO)C(O)C(O)C3O)C(O)C2O)C(O)C1O)NC(=O)CCCCCCCCCCCCCCCCCCCCCCCC. The monoisotopic (exact) mass is 1130 g/mol. The minimum absolute atomic E-state index is 0.240. The Morgan fingerprint density at radius 3 is 1.27 bits per heavy atom. The molecule has 3 fully saturated rings. The van der Waals surface area contributed by atoms with Crippen LogP contribution in [0.15, 0.2) is 24.3 Å². The minimum Gasteiger partial charge on any atom is -0.394 e. The molecule has 3 saturated heterocycles. The van der Waals surface area contributed by atoms with Gasteiger partial charge >= 0.3 is 0 Å². The van der Waals surface area contributed by atoms with Crippen LogP contribution in [0.2, 0.25) is 0 Å². The Morgan fingerprint density at radius 2 is 0.810 bits per heavy atom. The molecule has 0 radical (unpaired) electrons. The van der Waals surface area contributed by atoms with E-state index in [0.717, 1.165) is 38.5 Å². The molecule has 3 aliphatic heterocycles. The van der Waals surface area contributed by atoms with Crippen molar-refractivity contribution in [3.05, 3.63) is 24.3 Å². The Bertz CT molecular complexity index is 1540. The predicted octanol–water partition coefficient (Wildman–Crippen LogP) is 5.93. The Hall–Kier alpha value is -1.73. The topological polar surface area (TPSA) is 307 Å². The molecule has 17 atom stereocenters. The Labute approximate surface area is 473 Å². The molecule has 3 heterocycles. The van der Waals surface area contributed by atoms with Crippen LogP contribution in [0, 0.1) is 0 Å². The highest BCUT2D eigenvalue weighted by molar-refractivity contribution is 5.76. The molecule has 3 aliphatic rings. The van der Waals surface area contributed by atoms with Crippen LogP contribution in [0.5, 0.6) is 0 Å². The zero-order valence-electron chi connectivity index (χ0n) is 48.4. The normalized spacial score (nSPS) is 30.4. The van der Waals surface area contributed by atoms with E-state index in [-0.39, 0.29) is 18.9 Å². The quantitative estimate of drug-likeness (QED) is 0.0248. The van der Waals surface area contributed by atoms with E-state index in [1.165, 1.54) is 148 Å². The summed E-state index contributed by atoms with van der Waals surface area (Å²) in [6, 6.07) is -0.984. The fourth-order valence-corrected chi connectivity index (χ4v) is 10.6. The van der Waals surface area contributed by atoms with E-state index < -0.39 is 124 Å². The van der Waals surface area contributed by atoms with Crippen LogP contribution in [0.1, 0.15) is 219 Å². The summed E-state index contributed by atoms with van der Waals surface area (Å²) in [4.78, 5) is 13.3. The molecule has 0 spiro atoms. The maximum atomic E-state index is 13.3. The first-order valence-electron chi connectivity index (χ1n) is 31.1. The highest BCUT2D eigenvalue weighted by Crippen LogP contribution is 2.33. The molecule has 0 saturated carbocycles. The van der Waals surface area contributed by atoms with Gasteiger partial charge in [-0.15, -0.1) is 0 Å². The average molecular weight is 1130 g/mol. The standard InChI is InChI=1S/C60H111NO18/c1-3-5-7-9-11-13-15-17-18-19-20-21-22-23-24-25-26-28-30-32-34-36-38-48(66)61-43(44(65)37-35-33-31-29-27-16-14-12-10-8-6-4-2)42-74-58-54(72)51(69)56(46(40-63)76-58)79-60-55(73)52(70)57(47(41-64)77-60)78-59-53(71)50(68)49(67)45(39-62)75-59/h27,29,35,37,43-47,49-60,62-65,67-73H,3-26,28,30-34,36,38-42H2,1-2H3,(H,61,66)/b29-27+,37-35+. The summed E-state index contributed by atoms with van der Waals surface area (Å²) in [7, 11) is 0. The van der Waals surface area contributed by atoms with Crippen LogP contribution in [-0.2, 0) is 33.2 Å². The van der Waals surface area contributed by atoms with E-state index >= 15 is 0 Å². The lowest BCUT2D eigenvalue weighted by atomic mass is 9.96. The molecule has 0 aromatic heterocycles. The lowest BCUT2D eigenvalue weighted by Gasteiger charge is -2.48. The average Bonchev–Trinajstić information content (AvgIpc) is 3.58. The maximum absolute atomic E-state index is 13.3. The van der Waals surface area contributed by atoms with E-state index in [4.69, 9.17) is 28.4 Å². The number of carbonyl (C=O) groups is 1. The van der Waals surface area contributed by atoms with Crippen LogP contribution in [0.4, 0.5) is 0 Å². The van der Waals surface area contributed by atoms with Crippen molar-refractivity contribution in [3.8, 4) is 0 Å². The molecule has 0 aromatic rings. The third-order valence-electron chi connectivity index (χ3n) is 15.8. The summed E-state index contributed by atoms with van der Waals surface area (Å²) in [5.74, 6) is -0.283. The van der Waals surface area contributed by atoms with E-state index in [1.807, 2.05) is 6.08 Å². The highest BCUT2D eigenvalue weighted by atomic mass is 16.8. The second-order valence-corrected chi connectivity index (χ2v) is 22.5. The van der Waals surface area contributed by atoms with Gasteiger partial charge in [-0.2, -0.15) is 0 Å². The molecule has 17 unspecified atom stereocenters. The lowest BCUT2D eigenvalue weighted by molar-refractivity contribution is -0.379. The number of carbonyl (C=O) groups excluding carboxylic acids is 1. The molecule has 0 bridgehead atoms. The predicted molar refractivity (Wildman–Crippen MR) is 300 cm³/mol. The van der Waals surface area contributed by atoms with Gasteiger partial charge in [-0.25, -0.2) is 0 Å². The van der Waals surface area contributed by atoms with E-state index in [9.17, 15) is 61.0 Å². The fraction of sp³-hybridized carbons (Fsp3) is 0.917. The van der Waals surface area contributed by atoms with Crippen molar-refractivity contribution >= 4 is 5.91 Å². The molecule has 0 aliphatic carbocycles. The zero-order chi connectivity index (χ0) is 57.6. The van der Waals surface area contributed by atoms with Gasteiger partial charge in [0.25, 0.3) is 0 Å². The number of rotatable bonds is 46. The Balaban J connectivity index is 1.46. The third kappa shape index (κ3) is 27.7. The van der Waals surface area contributed by atoms with Gasteiger partial charge in [0, 0.05) is 6.42 Å². The summed E-state index contributed by atoms with van der Waals surface area (Å²) in [5, 5.41) is 120. The van der Waals surface area contributed by atoms with Crippen molar-refractivity contribution in [2.45, 2.75) is 324 Å². The minimum atomic E-state index is -1.98. The third-order valence-corrected chi connectivity index (χ3v) is 15.8. The van der Waals surface area contributed by atoms with Crippen molar-refractivity contribution in [2.24, 2.45) is 0 Å². The number of aliphatic hydroxyl groups is 11. The molecule has 19 heteroatoms. The van der Waals surface area contributed by atoms with Gasteiger partial charge in [-0.1, -0.05) is 205 Å². The largest absolute Gasteiger partial charge is 0.394 e. The molecule has 3 rings (SSSR count). The molecule has 464 valence electrons. The first-order valence-corrected chi connectivity index (χ1v) is 31.1. The number of allylic oxidation sites excluding steroid dienone is 3. The van der Waals surface area contributed by atoms with E-state index in [0.29, 0.717) is 12.8 Å². The summed E-state index contributed by atoms with van der Waals surface area (Å²) in [5.41, 5.74) is 0. The second-order valence-electron chi connectivity index (χ2n) is 22.5. The van der Waals surface area contributed by atoms with Crippen molar-refractivity contribution in [1.82, 2.24) is 5.32 Å². The Kier molecular flexibility index (Phi) is 39.7. The van der Waals surface area contributed by atoms with Crippen LogP contribution in [-0.4, -0.2) is 193 Å². The molecule has 0 aromatic carbocycles. The van der Waals surface area contributed by atoms with Crippen molar-refractivity contribution in [2.75, 3.05) is 26.4 Å². The van der Waals surface area contributed by atoms with E-state index in [2.05, 4.69) is 31.3 Å². The van der Waals surface area contributed by atoms with Crippen molar-refractivity contribution in [3.63, 3.8) is 0 Å². The molecule has 79 heavy (non-hydrogen) atoms. The summed E-state index contributed by atoms with van der Waals surface area (Å²) in [6.45, 7) is 1.69. The van der Waals surface area contributed by atoms with Gasteiger partial charge in [0.05, 0.1) is 38.6 Å². The second kappa shape index (κ2) is 43.8. The maximum Gasteiger partial charge on any atom is 0.220 e. The van der Waals surface area contributed by atoms with Gasteiger partial charge < -0.3 is 89.9 Å². The number of nitrogens with one attached hydrogen (secondary N) is 1. The molecule has 1 amide bonds. The number of amides is 1. The Morgan fingerprint density at radius 1 is 0.443 bits per heavy atom. The van der Waals surface area contributed by atoms with Crippen LogP contribution in [0.25, 0.3) is 0 Å². The zero-order valence-corrected chi connectivity index (χ0v) is 48.4. The van der Waals surface area contributed by atoms with Crippen LogP contribution < -0.4 is 5.32 Å². The van der Waals surface area contributed by atoms with Gasteiger partial charge in [-0.3, -0.25) is 4.79 Å². The summed E-state index contributed by atoms with van der Waals surface area (Å²) >= 11 is 0. The van der Waals surface area contributed by atoms with Gasteiger partial charge in [-0.05, 0) is 32.1 Å². The van der Waals surface area contributed by atoms with Gasteiger partial charge in [0.2, 0.25) is 5.91 Å². The van der Waals surface area contributed by atoms with Gasteiger partial charge in [0.1, 0.15) is 73.2 Å².